The van der Waals surface area contributed by atoms with Gasteiger partial charge in [-0.05, 0) is 12.5 Å². The molecule has 0 fully saturated rings. The molecule has 1 aromatic carbocycles. The molecule has 5 nitrogen and oxygen atoms in total. The predicted molar refractivity (Wildman–Crippen MR) is 76.9 cm³/mol. The number of benzene rings is 1. The van der Waals surface area contributed by atoms with Gasteiger partial charge in [-0.2, -0.15) is 0 Å². The summed E-state index contributed by atoms with van der Waals surface area (Å²) in [7, 11) is 0. The number of alkyl halides is 1. The Morgan fingerprint density at radius 3 is 2.60 bits per heavy atom. The van der Waals surface area contributed by atoms with Crippen LogP contribution in [-0.2, 0) is 14.3 Å². The molecule has 1 atom stereocenters. The highest BCUT2D eigenvalue weighted by Crippen LogP contribution is 2.35. The molecule has 1 amide bonds. The highest BCUT2D eigenvalue weighted by Gasteiger charge is 2.51. The third-order valence-corrected chi connectivity index (χ3v) is 3.56. The minimum atomic E-state index is -2.14. The van der Waals surface area contributed by atoms with Crippen LogP contribution in [0.1, 0.15) is 12.5 Å². The number of carbonyl (C=O) groups excluding carboxylic acids is 2. The van der Waals surface area contributed by atoms with Crippen LogP contribution in [0.25, 0.3) is 5.57 Å². The Bertz CT molecular complexity index is 570. The van der Waals surface area contributed by atoms with E-state index in [0.717, 1.165) is 0 Å². The molecule has 0 radical (unpaired) electrons. The Hall–Kier alpha value is -1.66. The Morgan fingerprint density at radius 1 is 1.40 bits per heavy atom. The first kappa shape index (κ1) is 14.7. The maximum Gasteiger partial charge on any atom is 0.364 e. The first-order chi connectivity index (χ1) is 9.54. The molecule has 0 saturated heterocycles. The van der Waals surface area contributed by atoms with Crippen molar-refractivity contribution in [3.8, 4) is 0 Å². The van der Waals surface area contributed by atoms with Crippen molar-refractivity contribution in [1.82, 2.24) is 5.32 Å². The number of esters is 1. The van der Waals surface area contributed by atoms with Crippen molar-refractivity contribution in [2.24, 2.45) is 0 Å². The second-order valence-electron chi connectivity index (χ2n) is 4.24. The maximum atomic E-state index is 12.0. The average molecular weight is 340 g/mol. The molecule has 20 heavy (non-hydrogen) atoms. The molecule has 0 spiro atoms. The first-order valence-electron chi connectivity index (χ1n) is 6.11. The van der Waals surface area contributed by atoms with Crippen molar-refractivity contribution in [2.45, 2.75) is 12.6 Å². The van der Waals surface area contributed by atoms with Crippen molar-refractivity contribution in [3.05, 3.63) is 41.5 Å². The number of halogens is 1. The second kappa shape index (κ2) is 5.76. The average Bonchev–Trinajstić information content (AvgIpc) is 2.71. The topological polar surface area (TPSA) is 75.6 Å². The van der Waals surface area contributed by atoms with Gasteiger partial charge in [0.1, 0.15) is 0 Å². The lowest BCUT2D eigenvalue weighted by Gasteiger charge is -2.24. The molecule has 1 aliphatic rings. The summed E-state index contributed by atoms with van der Waals surface area (Å²) in [4.78, 5) is 24.0. The fourth-order valence-electron chi connectivity index (χ4n) is 2.14. The zero-order chi connectivity index (χ0) is 14.8. The van der Waals surface area contributed by atoms with Crippen LogP contribution in [0.15, 0.2) is 35.9 Å². The number of amides is 1. The minimum Gasteiger partial charge on any atom is -0.462 e. The Balaban J connectivity index is 2.57. The van der Waals surface area contributed by atoms with Gasteiger partial charge in [0.2, 0.25) is 0 Å². The Kier molecular flexibility index (Phi) is 4.25. The number of hydrogen-bond acceptors (Lipinski definition) is 4. The van der Waals surface area contributed by atoms with Gasteiger partial charge < -0.3 is 15.2 Å². The van der Waals surface area contributed by atoms with Gasteiger partial charge in [-0.3, -0.25) is 4.79 Å². The molecule has 0 aliphatic carbocycles. The highest BCUT2D eigenvalue weighted by atomic mass is 79.9. The van der Waals surface area contributed by atoms with Gasteiger partial charge in [-0.25, -0.2) is 4.79 Å². The number of rotatable bonds is 4. The quantitative estimate of drug-likeness (QED) is 0.638. The summed E-state index contributed by atoms with van der Waals surface area (Å²) < 4.78 is 4.87. The molecule has 1 aromatic rings. The van der Waals surface area contributed by atoms with Crippen molar-refractivity contribution < 1.29 is 19.4 Å². The van der Waals surface area contributed by atoms with E-state index in [9.17, 15) is 14.7 Å². The van der Waals surface area contributed by atoms with Crippen molar-refractivity contribution >= 4 is 33.4 Å². The lowest BCUT2D eigenvalue weighted by Crippen LogP contribution is -2.52. The summed E-state index contributed by atoms with van der Waals surface area (Å²) in [6.45, 7) is 1.75. The minimum absolute atomic E-state index is 0.114. The molecular weight excluding hydrogens is 326 g/mol. The summed E-state index contributed by atoms with van der Waals surface area (Å²) in [6, 6.07) is 8.79. The smallest absolute Gasteiger partial charge is 0.364 e. The number of ether oxygens (including phenoxy) is 1. The van der Waals surface area contributed by atoms with Crippen LogP contribution in [0.2, 0.25) is 0 Å². The Labute approximate surface area is 124 Å². The van der Waals surface area contributed by atoms with E-state index >= 15 is 0 Å². The summed E-state index contributed by atoms with van der Waals surface area (Å²) in [5, 5.41) is 13.1. The summed E-state index contributed by atoms with van der Waals surface area (Å²) in [5.74, 6) is -1.38. The van der Waals surface area contributed by atoms with Crippen molar-refractivity contribution in [3.63, 3.8) is 0 Å². The zero-order valence-electron chi connectivity index (χ0n) is 10.9. The van der Waals surface area contributed by atoms with Crippen molar-refractivity contribution in [1.29, 1.82) is 0 Å². The van der Waals surface area contributed by atoms with E-state index in [2.05, 4.69) is 21.2 Å². The molecule has 2 N–H and O–H groups in total. The molecule has 0 aromatic heterocycles. The van der Waals surface area contributed by atoms with Crippen LogP contribution in [0, 0.1) is 0 Å². The number of nitrogens with one attached hydrogen (secondary N) is 1. The second-order valence-corrected chi connectivity index (χ2v) is 4.80. The normalized spacial score (nSPS) is 21.9. The van der Waals surface area contributed by atoms with Crippen molar-refractivity contribution in [2.75, 3.05) is 11.9 Å². The molecule has 106 valence electrons. The third kappa shape index (κ3) is 2.36. The van der Waals surface area contributed by atoms with Gasteiger partial charge in [0, 0.05) is 16.5 Å². The van der Waals surface area contributed by atoms with Gasteiger partial charge in [0.05, 0.1) is 6.61 Å². The largest absolute Gasteiger partial charge is 0.462 e. The molecule has 1 aliphatic heterocycles. The van der Waals surface area contributed by atoms with Crippen LogP contribution < -0.4 is 5.32 Å². The number of carbonyl (C=O) groups is 2. The molecule has 2 rings (SSSR count). The lowest BCUT2D eigenvalue weighted by molar-refractivity contribution is -0.162. The van der Waals surface area contributed by atoms with E-state index in [1.54, 1.807) is 31.2 Å². The maximum absolute atomic E-state index is 12.0. The fraction of sp³-hybridized carbons (Fsp3) is 0.286. The third-order valence-electron chi connectivity index (χ3n) is 3.00. The monoisotopic (exact) mass is 339 g/mol. The van der Waals surface area contributed by atoms with Gasteiger partial charge in [-0.15, -0.1) is 0 Å². The molecule has 0 saturated carbocycles. The van der Waals surface area contributed by atoms with Crippen LogP contribution in [0.5, 0.6) is 0 Å². The van der Waals surface area contributed by atoms with Gasteiger partial charge in [-0.1, -0.05) is 46.3 Å². The lowest BCUT2D eigenvalue weighted by atomic mass is 9.94. The molecular formula is C14H14BrNO4. The highest BCUT2D eigenvalue weighted by molar-refractivity contribution is 9.09. The molecule has 1 heterocycles. The summed E-state index contributed by atoms with van der Waals surface area (Å²) in [6.07, 6.45) is 0. The van der Waals surface area contributed by atoms with Gasteiger partial charge >= 0.3 is 5.97 Å². The van der Waals surface area contributed by atoms with E-state index in [4.69, 9.17) is 4.74 Å². The van der Waals surface area contributed by atoms with E-state index in [1.165, 1.54) is 0 Å². The van der Waals surface area contributed by atoms with Crippen LogP contribution in [-0.4, -0.2) is 34.6 Å². The number of hydrogen-bond donors (Lipinski definition) is 2. The van der Waals surface area contributed by atoms with Gasteiger partial charge in [0.25, 0.3) is 11.6 Å². The standard InChI is InChI=1S/C14H14BrNO4/c1-2-20-13(18)14(19)11(9-6-4-3-5-7-9)10(8-15)12(17)16-14/h3-7,19H,2,8H2,1H3,(H,16,17). The zero-order valence-corrected chi connectivity index (χ0v) is 12.4. The van der Waals surface area contributed by atoms with E-state index in [0.29, 0.717) is 11.1 Å². The van der Waals surface area contributed by atoms with E-state index in [-0.39, 0.29) is 17.5 Å². The molecule has 6 heteroatoms. The van der Waals surface area contributed by atoms with E-state index < -0.39 is 17.6 Å². The molecule has 0 bridgehead atoms. The van der Waals surface area contributed by atoms with Crippen LogP contribution in [0.4, 0.5) is 0 Å². The number of aliphatic hydroxyl groups is 1. The van der Waals surface area contributed by atoms with Crippen LogP contribution in [0.3, 0.4) is 0 Å². The fourth-order valence-corrected chi connectivity index (χ4v) is 2.67. The van der Waals surface area contributed by atoms with Crippen LogP contribution >= 0.6 is 15.9 Å². The SMILES string of the molecule is CCOC(=O)C1(O)NC(=O)C(CBr)=C1c1ccccc1. The van der Waals surface area contributed by atoms with E-state index in [1.807, 2.05) is 6.07 Å². The summed E-state index contributed by atoms with van der Waals surface area (Å²) >= 11 is 3.21. The van der Waals surface area contributed by atoms with Gasteiger partial charge in [0.15, 0.2) is 0 Å². The molecule has 1 unspecified atom stereocenters. The predicted octanol–water partition coefficient (Wildman–Crippen LogP) is 1.22. The Morgan fingerprint density at radius 2 is 2.05 bits per heavy atom. The summed E-state index contributed by atoms with van der Waals surface area (Å²) in [5.41, 5.74) is -1.00. The first-order valence-corrected chi connectivity index (χ1v) is 7.23.